The van der Waals surface area contributed by atoms with E-state index in [1.54, 1.807) is 0 Å². The summed E-state index contributed by atoms with van der Waals surface area (Å²) in [6.07, 6.45) is 5.67. The van der Waals surface area contributed by atoms with E-state index in [1.807, 2.05) is 13.2 Å². The summed E-state index contributed by atoms with van der Waals surface area (Å²) in [5, 5.41) is 10.5. The lowest BCUT2D eigenvalue weighted by atomic mass is 9.85. The quantitative estimate of drug-likeness (QED) is 0.697. The highest BCUT2D eigenvalue weighted by molar-refractivity contribution is 5.38. The molecule has 2 nitrogen and oxygen atoms in total. The molecule has 17 heavy (non-hydrogen) atoms. The summed E-state index contributed by atoms with van der Waals surface area (Å²) < 4.78 is 5.65. The number of aryl methyl sites for hydroxylation is 1. The van der Waals surface area contributed by atoms with Crippen LogP contribution in [0.2, 0.25) is 0 Å². The zero-order valence-electron chi connectivity index (χ0n) is 10.8. The number of hydrogen-bond acceptors (Lipinski definition) is 2. The molecule has 0 amide bonds. The van der Waals surface area contributed by atoms with Crippen molar-refractivity contribution in [1.82, 2.24) is 0 Å². The van der Waals surface area contributed by atoms with E-state index >= 15 is 0 Å². The van der Waals surface area contributed by atoms with E-state index in [9.17, 15) is 5.11 Å². The number of furan rings is 1. The molecule has 2 atom stereocenters. The Balaban J connectivity index is 2.10. The molecule has 1 aromatic heterocycles. The van der Waals surface area contributed by atoms with Crippen molar-refractivity contribution in [2.75, 3.05) is 0 Å². The van der Waals surface area contributed by atoms with E-state index in [4.69, 9.17) is 4.42 Å². The van der Waals surface area contributed by atoms with Gasteiger partial charge in [0.25, 0.3) is 0 Å². The molecule has 3 rings (SSSR count). The predicted octanol–water partition coefficient (Wildman–Crippen LogP) is 3.16. The highest BCUT2D eigenvalue weighted by Gasteiger charge is 2.42. The normalized spacial score (nSPS) is 32.4. The third-order valence-corrected chi connectivity index (χ3v) is 4.64. The van der Waals surface area contributed by atoms with Gasteiger partial charge in [-0.05, 0) is 51.2 Å². The molecule has 0 saturated heterocycles. The molecular weight excluding hydrogens is 212 g/mol. The van der Waals surface area contributed by atoms with Gasteiger partial charge in [-0.25, -0.2) is 0 Å². The van der Waals surface area contributed by atoms with Crippen molar-refractivity contribution in [2.24, 2.45) is 5.92 Å². The van der Waals surface area contributed by atoms with Gasteiger partial charge in [-0.15, -0.1) is 0 Å². The minimum atomic E-state index is -0.540. The fourth-order valence-electron chi connectivity index (χ4n) is 3.47. The van der Waals surface area contributed by atoms with Gasteiger partial charge in [0.2, 0.25) is 0 Å². The second kappa shape index (κ2) is 3.49. The standard InChI is InChI=1S/C15H20O2/c1-9-6-14-12(10(2)8-17-14)7-13-11(9)4-5-15(13,3)16/h8,13,16H,4-7H2,1-3H3/t13-,15-/m0/s1. The fraction of sp³-hybridized carbons (Fsp3) is 0.600. The zero-order valence-corrected chi connectivity index (χ0v) is 10.8. The Morgan fingerprint density at radius 2 is 2.18 bits per heavy atom. The summed E-state index contributed by atoms with van der Waals surface area (Å²) in [6.45, 7) is 6.28. The Bertz CT molecular complexity index is 491. The average molecular weight is 232 g/mol. The SMILES string of the molecule is CC1=C2CC[C@](C)(O)[C@H]2Cc2c(C)coc2C1. The number of fused-ring (bicyclic) bond motifs is 2. The van der Waals surface area contributed by atoms with Crippen molar-refractivity contribution in [3.63, 3.8) is 0 Å². The molecule has 0 bridgehead atoms. The summed E-state index contributed by atoms with van der Waals surface area (Å²) >= 11 is 0. The Hall–Kier alpha value is -1.02. The van der Waals surface area contributed by atoms with E-state index in [-0.39, 0.29) is 0 Å². The van der Waals surface area contributed by atoms with Gasteiger partial charge < -0.3 is 9.52 Å². The van der Waals surface area contributed by atoms with Gasteiger partial charge in [-0.2, -0.15) is 0 Å². The number of hydrogen-bond donors (Lipinski definition) is 1. The third kappa shape index (κ3) is 1.58. The van der Waals surface area contributed by atoms with Gasteiger partial charge in [0.05, 0.1) is 11.9 Å². The van der Waals surface area contributed by atoms with Crippen LogP contribution >= 0.6 is 0 Å². The largest absolute Gasteiger partial charge is 0.468 e. The molecule has 2 aliphatic carbocycles. The van der Waals surface area contributed by atoms with E-state index in [0.717, 1.165) is 31.4 Å². The molecule has 0 aliphatic heterocycles. The minimum absolute atomic E-state index is 0.292. The number of rotatable bonds is 0. The first-order valence-electron chi connectivity index (χ1n) is 6.46. The van der Waals surface area contributed by atoms with Crippen LogP contribution in [0.3, 0.4) is 0 Å². The van der Waals surface area contributed by atoms with E-state index in [0.29, 0.717) is 5.92 Å². The molecule has 1 fully saturated rings. The van der Waals surface area contributed by atoms with Crippen molar-refractivity contribution >= 4 is 0 Å². The van der Waals surface area contributed by atoms with E-state index < -0.39 is 5.60 Å². The van der Waals surface area contributed by atoms with Gasteiger partial charge >= 0.3 is 0 Å². The van der Waals surface area contributed by atoms with Crippen LogP contribution in [-0.2, 0) is 12.8 Å². The van der Waals surface area contributed by atoms with Crippen LogP contribution in [-0.4, -0.2) is 10.7 Å². The van der Waals surface area contributed by atoms with Crippen LogP contribution in [0.1, 0.15) is 43.6 Å². The summed E-state index contributed by atoms with van der Waals surface area (Å²) in [7, 11) is 0. The maximum Gasteiger partial charge on any atom is 0.111 e. The Morgan fingerprint density at radius 1 is 1.41 bits per heavy atom. The van der Waals surface area contributed by atoms with Crippen LogP contribution in [0.5, 0.6) is 0 Å². The molecule has 92 valence electrons. The first kappa shape index (κ1) is 11.1. The summed E-state index contributed by atoms with van der Waals surface area (Å²) in [5.74, 6) is 1.40. The van der Waals surface area contributed by atoms with Crippen LogP contribution in [0, 0.1) is 12.8 Å². The van der Waals surface area contributed by atoms with Gasteiger partial charge in [-0.3, -0.25) is 0 Å². The van der Waals surface area contributed by atoms with E-state index in [2.05, 4.69) is 13.8 Å². The lowest BCUT2D eigenvalue weighted by Gasteiger charge is -2.26. The maximum atomic E-state index is 10.5. The van der Waals surface area contributed by atoms with Gasteiger partial charge in [0.15, 0.2) is 0 Å². The predicted molar refractivity (Wildman–Crippen MR) is 66.9 cm³/mol. The Morgan fingerprint density at radius 3 is 2.94 bits per heavy atom. The van der Waals surface area contributed by atoms with E-state index in [1.165, 1.54) is 22.3 Å². The fourth-order valence-corrected chi connectivity index (χ4v) is 3.47. The molecule has 0 unspecified atom stereocenters. The molecule has 1 N–H and O–H groups in total. The first-order chi connectivity index (χ1) is 7.99. The molecule has 0 aromatic carbocycles. The highest BCUT2D eigenvalue weighted by Crippen LogP contribution is 2.46. The molecule has 2 heteroatoms. The van der Waals surface area contributed by atoms with Crippen LogP contribution in [0.25, 0.3) is 0 Å². The summed E-state index contributed by atoms with van der Waals surface area (Å²) in [4.78, 5) is 0. The van der Waals surface area contributed by atoms with Crippen LogP contribution < -0.4 is 0 Å². The lowest BCUT2D eigenvalue weighted by molar-refractivity contribution is 0.0287. The molecule has 1 saturated carbocycles. The lowest BCUT2D eigenvalue weighted by Crippen LogP contribution is -2.31. The van der Waals surface area contributed by atoms with Crippen LogP contribution in [0.4, 0.5) is 0 Å². The van der Waals surface area contributed by atoms with Gasteiger partial charge in [0, 0.05) is 12.3 Å². The number of allylic oxidation sites excluding steroid dienone is 1. The maximum absolute atomic E-state index is 10.5. The molecule has 0 spiro atoms. The van der Waals surface area contributed by atoms with Crippen molar-refractivity contribution < 1.29 is 9.52 Å². The van der Waals surface area contributed by atoms with Crippen LogP contribution in [0.15, 0.2) is 21.8 Å². The monoisotopic (exact) mass is 232 g/mol. The topological polar surface area (TPSA) is 33.4 Å². The molecule has 1 aromatic rings. The molecule has 1 heterocycles. The van der Waals surface area contributed by atoms with Crippen molar-refractivity contribution in [1.29, 1.82) is 0 Å². The smallest absolute Gasteiger partial charge is 0.111 e. The Labute approximate surface area is 102 Å². The second-order valence-electron chi connectivity index (χ2n) is 5.92. The number of aliphatic hydroxyl groups is 1. The molecule has 2 aliphatic rings. The third-order valence-electron chi connectivity index (χ3n) is 4.64. The molecular formula is C15H20O2. The summed E-state index contributed by atoms with van der Waals surface area (Å²) in [6, 6.07) is 0. The molecule has 0 radical (unpaired) electrons. The van der Waals surface area contributed by atoms with Crippen molar-refractivity contribution in [3.8, 4) is 0 Å². The second-order valence-corrected chi connectivity index (χ2v) is 5.92. The minimum Gasteiger partial charge on any atom is -0.468 e. The Kier molecular flexibility index (Phi) is 2.27. The van der Waals surface area contributed by atoms with Crippen molar-refractivity contribution in [3.05, 3.63) is 34.3 Å². The van der Waals surface area contributed by atoms with Crippen molar-refractivity contribution in [2.45, 2.75) is 52.1 Å². The van der Waals surface area contributed by atoms with Gasteiger partial charge in [0.1, 0.15) is 5.76 Å². The first-order valence-corrected chi connectivity index (χ1v) is 6.46. The summed E-state index contributed by atoms with van der Waals surface area (Å²) in [5.41, 5.74) is 4.90. The zero-order chi connectivity index (χ0) is 12.2. The highest BCUT2D eigenvalue weighted by atomic mass is 16.3. The van der Waals surface area contributed by atoms with Gasteiger partial charge in [-0.1, -0.05) is 11.1 Å². The average Bonchev–Trinajstić information content (AvgIpc) is 2.68.